The summed E-state index contributed by atoms with van der Waals surface area (Å²) in [7, 11) is 0. The van der Waals surface area contributed by atoms with E-state index in [9.17, 15) is 28.3 Å². The van der Waals surface area contributed by atoms with Crippen molar-refractivity contribution in [1.29, 1.82) is 0 Å². The second-order valence-electron chi connectivity index (χ2n) is 6.64. The van der Waals surface area contributed by atoms with E-state index in [4.69, 9.17) is 9.47 Å². The second-order valence-corrected chi connectivity index (χ2v) is 6.64. The Kier molecular flexibility index (Phi) is 6.93. The number of carboxylic acid groups (broad SMARTS) is 1. The molecule has 154 valence electrons. The average Bonchev–Trinajstić information content (AvgIpc) is 2.67. The van der Waals surface area contributed by atoms with Crippen LogP contribution in [0.1, 0.15) is 55.8 Å². The van der Waals surface area contributed by atoms with Gasteiger partial charge in [0.05, 0.1) is 5.56 Å². The summed E-state index contributed by atoms with van der Waals surface area (Å²) < 4.78 is 40.6. The minimum atomic E-state index is -4.28. The molecule has 1 aromatic rings. The van der Waals surface area contributed by atoms with E-state index in [1.807, 2.05) is 6.92 Å². The van der Waals surface area contributed by atoms with E-state index in [1.165, 1.54) is 24.3 Å². The van der Waals surface area contributed by atoms with Crippen LogP contribution in [0.3, 0.4) is 0 Å². The number of carbonyl (C=O) groups is 3. The number of esters is 1. The lowest BCUT2D eigenvalue weighted by molar-refractivity contribution is -0.331. The van der Waals surface area contributed by atoms with Gasteiger partial charge in [0, 0.05) is 0 Å². The van der Waals surface area contributed by atoms with Crippen LogP contribution in [0.15, 0.2) is 24.3 Å². The monoisotopic (exact) mass is 399 g/mol. The zero-order valence-corrected chi connectivity index (χ0v) is 15.4. The van der Waals surface area contributed by atoms with Crippen molar-refractivity contribution in [3.05, 3.63) is 29.8 Å². The number of hydrogen-bond acceptors (Lipinski definition) is 7. The lowest BCUT2D eigenvalue weighted by Gasteiger charge is -2.35. The Morgan fingerprint density at radius 3 is 2.25 bits per heavy atom. The standard InChI is InChI=1S/C19H22F2O7/c1-2-18(10-4-3-5-11-18)28-17(25)27-14-8-6-13(7-9-14)15(22)26-12-19(20,21)16(23)24/h6-9H,2-5,10-12H2,1H3,(H,23,24)/p-1. The van der Waals surface area contributed by atoms with Gasteiger partial charge in [-0.05, 0) is 56.4 Å². The number of halogens is 2. The van der Waals surface area contributed by atoms with Gasteiger partial charge in [0.25, 0.3) is 0 Å². The van der Waals surface area contributed by atoms with Crippen LogP contribution in [0.2, 0.25) is 0 Å². The Hall–Kier alpha value is -2.71. The maximum atomic E-state index is 12.9. The predicted molar refractivity (Wildman–Crippen MR) is 89.9 cm³/mol. The molecule has 0 N–H and O–H groups in total. The molecule has 1 aromatic carbocycles. The third kappa shape index (κ3) is 5.64. The summed E-state index contributed by atoms with van der Waals surface area (Å²) in [5.41, 5.74) is -0.643. The molecule has 1 fully saturated rings. The molecule has 0 unspecified atom stereocenters. The van der Waals surface area contributed by atoms with Crippen LogP contribution in [-0.2, 0) is 14.3 Å². The first-order valence-corrected chi connectivity index (χ1v) is 8.95. The van der Waals surface area contributed by atoms with E-state index in [-0.39, 0.29) is 11.3 Å². The first kappa shape index (κ1) is 21.6. The van der Waals surface area contributed by atoms with Crippen LogP contribution >= 0.6 is 0 Å². The molecule has 1 aliphatic rings. The van der Waals surface area contributed by atoms with Crippen LogP contribution in [0, 0.1) is 0 Å². The summed E-state index contributed by atoms with van der Waals surface area (Å²) >= 11 is 0. The summed E-state index contributed by atoms with van der Waals surface area (Å²) in [6, 6.07) is 4.93. The number of ether oxygens (including phenoxy) is 3. The molecule has 0 spiro atoms. The fourth-order valence-corrected chi connectivity index (χ4v) is 2.98. The summed E-state index contributed by atoms with van der Waals surface area (Å²) in [4.78, 5) is 33.9. The normalized spacial score (nSPS) is 16.1. The topological polar surface area (TPSA) is 102 Å². The van der Waals surface area contributed by atoms with Crippen molar-refractivity contribution in [2.75, 3.05) is 6.61 Å². The van der Waals surface area contributed by atoms with Crippen LogP contribution in [-0.4, -0.2) is 36.2 Å². The van der Waals surface area contributed by atoms with Crippen LogP contribution < -0.4 is 9.84 Å². The lowest BCUT2D eigenvalue weighted by atomic mass is 9.83. The molecule has 0 heterocycles. The van der Waals surface area contributed by atoms with Gasteiger partial charge in [0.1, 0.15) is 17.3 Å². The SMILES string of the molecule is CCC1(OC(=O)Oc2ccc(C(=O)OCC(F)(F)C(=O)[O-])cc2)CCCCC1. The van der Waals surface area contributed by atoms with Crippen molar-refractivity contribution in [3.8, 4) is 5.75 Å². The van der Waals surface area contributed by atoms with Crippen molar-refractivity contribution in [3.63, 3.8) is 0 Å². The maximum absolute atomic E-state index is 12.9. The molecule has 0 aliphatic heterocycles. The molecule has 1 saturated carbocycles. The lowest BCUT2D eigenvalue weighted by Crippen LogP contribution is -2.45. The molecule has 28 heavy (non-hydrogen) atoms. The van der Waals surface area contributed by atoms with Gasteiger partial charge in [-0.25, -0.2) is 9.59 Å². The van der Waals surface area contributed by atoms with E-state index in [2.05, 4.69) is 4.74 Å². The molecule has 2 rings (SSSR count). The van der Waals surface area contributed by atoms with E-state index < -0.39 is 36.2 Å². The fraction of sp³-hybridized carbons (Fsp3) is 0.526. The zero-order chi connectivity index (χ0) is 20.8. The number of carbonyl (C=O) groups excluding carboxylic acids is 3. The Balaban J connectivity index is 1.90. The summed E-state index contributed by atoms with van der Waals surface area (Å²) in [5.74, 6) is -7.96. The molecule has 0 atom stereocenters. The van der Waals surface area contributed by atoms with Gasteiger partial charge in [0.2, 0.25) is 0 Å². The summed E-state index contributed by atoms with van der Waals surface area (Å²) in [6.45, 7) is 0.306. The molecule has 0 bridgehead atoms. The highest BCUT2D eigenvalue weighted by Gasteiger charge is 2.35. The Bertz CT molecular complexity index is 709. The predicted octanol–water partition coefficient (Wildman–Crippen LogP) is 2.86. The number of aliphatic carboxylic acids is 1. The maximum Gasteiger partial charge on any atom is 0.514 e. The Labute approximate surface area is 160 Å². The quantitative estimate of drug-likeness (QED) is 0.513. The molecular weight excluding hydrogens is 378 g/mol. The molecule has 0 saturated heterocycles. The average molecular weight is 399 g/mol. The van der Waals surface area contributed by atoms with Gasteiger partial charge in [-0.3, -0.25) is 0 Å². The van der Waals surface area contributed by atoms with Crippen LogP contribution in [0.5, 0.6) is 5.75 Å². The largest absolute Gasteiger partial charge is 0.544 e. The third-order valence-corrected chi connectivity index (χ3v) is 4.68. The van der Waals surface area contributed by atoms with Crippen molar-refractivity contribution in [1.82, 2.24) is 0 Å². The molecule has 0 amide bonds. The van der Waals surface area contributed by atoms with Gasteiger partial charge in [-0.2, -0.15) is 8.78 Å². The fourth-order valence-electron chi connectivity index (χ4n) is 2.98. The van der Waals surface area contributed by atoms with Gasteiger partial charge in [0.15, 0.2) is 6.61 Å². The zero-order valence-electron chi connectivity index (χ0n) is 15.4. The van der Waals surface area contributed by atoms with Gasteiger partial charge in [-0.1, -0.05) is 13.3 Å². The van der Waals surface area contributed by atoms with Crippen molar-refractivity contribution >= 4 is 18.1 Å². The highest BCUT2D eigenvalue weighted by atomic mass is 19.3. The van der Waals surface area contributed by atoms with E-state index >= 15 is 0 Å². The second kappa shape index (κ2) is 8.99. The highest BCUT2D eigenvalue weighted by Crippen LogP contribution is 2.34. The van der Waals surface area contributed by atoms with Crippen molar-refractivity contribution < 1.29 is 42.5 Å². The van der Waals surface area contributed by atoms with Gasteiger partial charge >= 0.3 is 18.0 Å². The first-order valence-electron chi connectivity index (χ1n) is 8.95. The van der Waals surface area contributed by atoms with Crippen LogP contribution in [0.4, 0.5) is 13.6 Å². The number of hydrogen-bond donors (Lipinski definition) is 0. The summed E-state index contributed by atoms with van der Waals surface area (Å²) in [5, 5.41) is 10.2. The van der Waals surface area contributed by atoms with E-state index in [0.29, 0.717) is 6.42 Å². The van der Waals surface area contributed by atoms with Crippen molar-refractivity contribution in [2.45, 2.75) is 57.0 Å². The Morgan fingerprint density at radius 1 is 1.11 bits per heavy atom. The molecular formula is C19H21F2O7-. The highest BCUT2D eigenvalue weighted by molar-refractivity contribution is 5.89. The number of benzene rings is 1. The molecule has 1 aliphatic carbocycles. The number of alkyl halides is 2. The molecule has 9 heteroatoms. The van der Waals surface area contributed by atoms with Gasteiger partial charge in [-0.15, -0.1) is 0 Å². The minimum Gasteiger partial charge on any atom is -0.544 e. The Morgan fingerprint density at radius 2 is 1.71 bits per heavy atom. The first-order chi connectivity index (χ1) is 13.2. The molecule has 7 nitrogen and oxygen atoms in total. The van der Waals surface area contributed by atoms with Gasteiger partial charge < -0.3 is 24.1 Å². The van der Waals surface area contributed by atoms with Crippen LogP contribution in [0.25, 0.3) is 0 Å². The van der Waals surface area contributed by atoms with Crippen molar-refractivity contribution in [2.24, 2.45) is 0 Å². The number of carboxylic acids is 1. The number of rotatable bonds is 7. The molecule has 0 aromatic heterocycles. The molecule has 0 radical (unpaired) electrons. The smallest absolute Gasteiger partial charge is 0.514 e. The van der Waals surface area contributed by atoms with E-state index in [0.717, 1.165) is 32.1 Å². The van der Waals surface area contributed by atoms with E-state index in [1.54, 1.807) is 0 Å². The third-order valence-electron chi connectivity index (χ3n) is 4.68. The minimum absolute atomic E-state index is 0.101. The summed E-state index contributed by atoms with van der Waals surface area (Å²) in [6.07, 6.45) is 4.45.